The molecule has 8 heteroatoms. The molecular weight excluding hydrogens is 438 g/mol. The standard InChI is InChI=1S/C25H27N3O4S/c1-25(2,3)32-24(29)22-23(18-10-6-7-13-19(18)26-22)28(33(30)31)21-15-9-11-16-17(21)12-8-14-20(16)27(4)5/h6-15,26H,1-5H3,(H,30,31). The highest BCUT2D eigenvalue weighted by atomic mass is 32.2. The number of nitrogens with one attached hydrogen (secondary N) is 1. The molecule has 1 unspecified atom stereocenters. The van der Waals surface area contributed by atoms with E-state index >= 15 is 0 Å². The molecule has 0 amide bonds. The van der Waals surface area contributed by atoms with Crippen LogP contribution in [0.3, 0.4) is 0 Å². The van der Waals surface area contributed by atoms with Crippen LogP contribution in [0.15, 0.2) is 60.7 Å². The minimum atomic E-state index is -2.47. The van der Waals surface area contributed by atoms with Crippen LogP contribution in [0.25, 0.3) is 21.7 Å². The number of carbonyl (C=O) groups excluding carboxylic acids is 1. The second-order valence-corrected chi connectivity index (χ2v) is 9.79. The van der Waals surface area contributed by atoms with Crippen molar-refractivity contribution in [2.45, 2.75) is 26.4 Å². The predicted octanol–water partition coefficient (Wildman–Crippen LogP) is 5.62. The van der Waals surface area contributed by atoms with Crippen LogP contribution in [0, 0.1) is 0 Å². The van der Waals surface area contributed by atoms with Gasteiger partial charge in [0.15, 0.2) is 5.69 Å². The molecule has 0 radical (unpaired) electrons. The minimum absolute atomic E-state index is 0.120. The minimum Gasteiger partial charge on any atom is -0.455 e. The van der Waals surface area contributed by atoms with Gasteiger partial charge >= 0.3 is 5.97 Å². The number of hydrogen-bond donors (Lipinski definition) is 2. The van der Waals surface area contributed by atoms with Gasteiger partial charge < -0.3 is 14.6 Å². The van der Waals surface area contributed by atoms with Crippen molar-refractivity contribution in [1.82, 2.24) is 4.98 Å². The first-order chi connectivity index (χ1) is 15.6. The molecule has 0 spiro atoms. The second-order valence-electron chi connectivity index (χ2n) is 8.97. The van der Waals surface area contributed by atoms with Crippen LogP contribution in [0.2, 0.25) is 0 Å². The van der Waals surface area contributed by atoms with E-state index in [1.165, 1.54) is 4.31 Å². The number of para-hydroxylation sites is 1. The zero-order valence-corrected chi connectivity index (χ0v) is 20.1. The number of H-pyrrole nitrogens is 1. The van der Waals surface area contributed by atoms with Crippen molar-refractivity contribution in [3.05, 3.63) is 66.4 Å². The highest BCUT2D eigenvalue weighted by Gasteiger charge is 2.30. The zero-order valence-electron chi connectivity index (χ0n) is 19.2. The number of anilines is 3. The first-order valence-corrected chi connectivity index (χ1v) is 11.6. The number of aromatic amines is 1. The molecule has 0 aliphatic carbocycles. The summed E-state index contributed by atoms with van der Waals surface area (Å²) in [6.45, 7) is 5.34. The summed E-state index contributed by atoms with van der Waals surface area (Å²) in [5.41, 5.74) is 1.83. The molecule has 0 aliphatic rings. The molecular formula is C25H27N3O4S. The molecule has 4 rings (SSSR count). The lowest BCUT2D eigenvalue weighted by Crippen LogP contribution is -2.27. The average Bonchev–Trinajstić information content (AvgIpc) is 3.12. The van der Waals surface area contributed by atoms with Gasteiger partial charge in [-0.1, -0.05) is 42.5 Å². The molecule has 4 aromatic rings. The Morgan fingerprint density at radius 2 is 1.48 bits per heavy atom. The Kier molecular flexibility index (Phi) is 5.90. The summed E-state index contributed by atoms with van der Waals surface area (Å²) < 4.78 is 30.2. The molecule has 33 heavy (non-hydrogen) atoms. The number of rotatable bonds is 5. The Bertz CT molecular complexity index is 1370. The summed E-state index contributed by atoms with van der Waals surface area (Å²) in [6.07, 6.45) is 0. The quantitative estimate of drug-likeness (QED) is 0.295. The fraction of sp³-hybridized carbons (Fsp3) is 0.240. The molecule has 0 saturated carbocycles. The van der Waals surface area contributed by atoms with E-state index < -0.39 is 22.8 Å². The number of benzene rings is 3. The third-order valence-electron chi connectivity index (χ3n) is 5.22. The van der Waals surface area contributed by atoms with Crippen molar-refractivity contribution in [2.24, 2.45) is 0 Å². The summed E-state index contributed by atoms with van der Waals surface area (Å²) in [7, 11) is 3.90. The van der Waals surface area contributed by atoms with Crippen LogP contribution in [-0.4, -0.2) is 39.4 Å². The summed E-state index contributed by atoms with van der Waals surface area (Å²) in [5.74, 6) is -0.599. The monoisotopic (exact) mass is 465 g/mol. The van der Waals surface area contributed by atoms with E-state index in [9.17, 15) is 13.6 Å². The number of carbonyl (C=O) groups is 1. The molecule has 0 fully saturated rings. The van der Waals surface area contributed by atoms with Crippen molar-refractivity contribution in [1.29, 1.82) is 0 Å². The van der Waals surface area contributed by atoms with E-state index in [1.807, 2.05) is 73.6 Å². The summed E-state index contributed by atoms with van der Waals surface area (Å²) in [6, 6.07) is 18.7. The van der Waals surface area contributed by atoms with Gasteiger partial charge in [-0.25, -0.2) is 13.3 Å². The fourth-order valence-electron chi connectivity index (χ4n) is 3.94. The largest absolute Gasteiger partial charge is 0.455 e. The number of aromatic nitrogens is 1. The summed E-state index contributed by atoms with van der Waals surface area (Å²) >= 11 is -2.47. The normalized spacial score (nSPS) is 12.7. The van der Waals surface area contributed by atoms with Gasteiger partial charge in [0.05, 0.1) is 11.4 Å². The molecule has 0 bridgehead atoms. The molecule has 2 N–H and O–H groups in total. The van der Waals surface area contributed by atoms with Gasteiger partial charge in [-0.2, -0.15) is 0 Å². The molecule has 0 aliphatic heterocycles. The van der Waals surface area contributed by atoms with Gasteiger partial charge in [-0.3, -0.25) is 4.55 Å². The van der Waals surface area contributed by atoms with E-state index in [-0.39, 0.29) is 5.69 Å². The third kappa shape index (κ3) is 4.31. The molecule has 1 atom stereocenters. The lowest BCUT2D eigenvalue weighted by atomic mass is 10.1. The van der Waals surface area contributed by atoms with Crippen LogP contribution in [0.5, 0.6) is 0 Å². The van der Waals surface area contributed by atoms with Crippen molar-refractivity contribution in [3.63, 3.8) is 0 Å². The van der Waals surface area contributed by atoms with E-state index in [4.69, 9.17) is 4.74 Å². The molecule has 0 saturated heterocycles. The first kappa shape index (κ1) is 22.8. The van der Waals surface area contributed by atoms with E-state index in [0.717, 1.165) is 16.5 Å². The zero-order chi connectivity index (χ0) is 23.9. The van der Waals surface area contributed by atoms with Crippen LogP contribution < -0.4 is 9.21 Å². The number of ether oxygens (including phenoxy) is 1. The lowest BCUT2D eigenvalue weighted by Gasteiger charge is -2.25. The topological polar surface area (TPSA) is 85.9 Å². The summed E-state index contributed by atoms with van der Waals surface area (Å²) in [4.78, 5) is 18.2. The number of fused-ring (bicyclic) bond motifs is 2. The maximum Gasteiger partial charge on any atom is 0.357 e. The van der Waals surface area contributed by atoms with Crippen molar-refractivity contribution >= 4 is 56.0 Å². The van der Waals surface area contributed by atoms with Crippen LogP contribution in [-0.2, 0) is 16.0 Å². The van der Waals surface area contributed by atoms with Gasteiger partial charge in [0.25, 0.3) is 11.3 Å². The highest BCUT2D eigenvalue weighted by Crippen LogP contribution is 2.41. The SMILES string of the molecule is CN(C)c1cccc2c(N(c3c(C(=O)OC(C)(C)C)[nH]c4ccccc34)S(=O)O)cccc12. The smallest absolute Gasteiger partial charge is 0.357 e. The number of nitrogens with zero attached hydrogens (tertiary/aromatic N) is 2. The first-order valence-electron chi connectivity index (χ1n) is 10.5. The highest BCUT2D eigenvalue weighted by molar-refractivity contribution is 7.81. The van der Waals surface area contributed by atoms with E-state index in [1.54, 1.807) is 26.8 Å². The predicted molar refractivity (Wildman–Crippen MR) is 135 cm³/mol. The van der Waals surface area contributed by atoms with Crippen LogP contribution in [0.1, 0.15) is 31.3 Å². The second kappa shape index (κ2) is 8.53. The fourth-order valence-corrected chi connectivity index (χ4v) is 4.61. The van der Waals surface area contributed by atoms with Gasteiger partial charge in [-0.15, -0.1) is 0 Å². The lowest BCUT2D eigenvalue weighted by molar-refractivity contribution is 0.00649. The van der Waals surface area contributed by atoms with Gasteiger partial charge in [-0.05, 0) is 39.0 Å². The Hall–Kier alpha value is -3.36. The maximum absolute atomic E-state index is 13.1. The van der Waals surface area contributed by atoms with E-state index in [0.29, 0.717) is 22.3 Å². The molecule has 172 valence electrons. The molecule has 7 nitrogen and oxygen atoms in total. The van der Waals surface area contributed by atoms with Crippen molar-refractivity contribution < 1.29 is 18.3 Å². The van der Waals surface area contributed by atoms with Gasteiger partial charge in [0.2, 0.25) is 0 Å². The average molecular weight is 466 g/mol. The van der Waals surface area contributed by atoms with Crippen molar-refractivity contribution in [2.75, 3.05) is 23.3 Å². The molecule has 1 heterocycles. The van der Waals surface area contributed by atoms with Crippen LogP contribution in [0.4, 0.5) is 17.1 Å². The Balaban J connectivity index is 2.02. The molecule has 3 aromatic carbocycles. The Morgan fingerprint density at radius 1 is 0.909 bits per heavy atom. The van der Waals surface area contributed by atoms with E-state index in [2.05, 4.69) is 4.98 Å². The summed E-state index contributed by atoms with van der Waals surface area (Å²) in [5, 5.41) is 2.35. The maximum atomic E-state index is 13.1. The van der Waals surface area contributed by atoms with Gasteiger partial charge in [0.1, 0.15) is 5.60 Å². The Labute approximate surface area is 195 Å². The number of hydrogen-bond acceptors (Lipinski definition) is 4. The van der Waals surface area contributed by atoms with Crippen LogP contribution >= 0.6 is 0 Å². The third-order valence-corrected chi connectivity index (χ3v) is 5.91. The Morgan fingerprint density at radius 3 is 2.09 bits per heavy atom. The van der Waals surface area contributed by atoms with Crippen molar-refractivity contribution in [3.8, 4) is 0 Å². The molecule has 1 aromatic heterocycles. The van der Waals surface area contributed by atoms with Gasteiger partial charge in [0, 0.05) is 41.5 Å². The number of esters is 1.